The number of carbonyl (C=O) groups is 1. The fourth-order valence-electron chi connectivity index (χ4n) is 2.89. The Morgan fingerprint density at radius 2 is 1.60 bits per heavy atom. The molecule has 1 amide bonds. The number of sulfonamides is 1. The summed E-state index contributed by atoms with van der Waals surface area (Å²) in [7, 11) is -3.98. The van der Waals surface area contributed by atoms with Crippen molar-refractivity contribution in [2.75, 3.05) is 23.3 Å². The minimum Gasteiger partial charge on any atom is -0.486 e. The van der Waals surface area contributed by atoms with Gasteiger partial charge in [0.1, 0.15) is 18.1 Å². The van der Waals surface area contributed by atoms with Crippen LogP contribution in [0.15, 0.2) is 71.6 Å². The van der Waals surface area contributed by atoms with Gasteiger partial charge in [0.05, 0.1) is 5.02 Å². The maximum Gasteiger partial charge on any atom is 0.263 e. The molecular formula is C21H17ClN2O5S. The van der Waals surface area contributed by atoms with Gasteiger partial charge in [-0.3, -0.25) is 9.52 Å². The zero-order chi connectivity index (χ0) is 21.1. The van der Waals surface area contributed by atoms with E-state index in [1.807, 2.05) is 0 Å². The number of hydrogen-bond donors (Lipinski definition) is 2. The van der Waals surface area contributed by atoms with Crippen molar-refractivity contribution < 1.29 is 22.7 Å². The summed E-state index contributed by atoms with van der Waals surface area (Å²) in [6.45, 7) is 0.898. The second-order valence-corrected chi connectivity index (χ2v) is 8.49. The largest absolute Gasteiger partial charge is 0.486 e. The Kier molecular flexibility index (Phi) is 5.52. The van der Waals surface area contributed by atoms with Crippen molar-refractivity contribution in [3.8, 4) is 11.5 Å². The third-order valence-electron chi connectivity index (χ3n) is 4.31. The van der Waals surface area contributed by atoms with E-state index in [4.69, 9.17) is 21.1 Å². The first-order valence-electron chi connectivity index (χ1n) is 9.01. The fraction of sp³-hybridized carbons (Fsp3) is 0.0952. The van der Waals surface area contributed by atoms with Crippen molar-refractivity contribution in [1.82, 2.24) is 0 Å². The van der Waals surface area contributed by atoms with E-state index in [1.54, 1.807) is 48.5 Å². The molecule has 3 aromatic carbocycles. The quantitative estimate of drug-likeness (QED) is 0.616. The minimum atomic E-state index is -3.98. The molecule has 1 aliphatic heterocycles. The number of ether oxygens (including phenoxy) is 2. The molecule has 0 saturated carbocycles. The maximum absolute atomic E-state index is 12.8. The van der Waals surface area contributed by atoms with E-state index >= 15 is 0 Å². The number of halogens is 1. The van der Waals surface area contributed by atoms with Crippen molar-refractivity contribution in [2.24, 2.45) is 0 Å². The summed E-state index contributed by atoms with van der Waals surface area (Å²) in [5.41, 5.74) is 1.02. The van der Waals surface area contributed by atoms with E-state index in [2.05, 4.69) is 10.0 Å². The SMILES string of the molecule is O=C(Nc1ccc2c(c1)OCCO2)c1ccc(Cl)c(S(=O)(=O)Nc2ccccc2)c1. The number of para-hydroxylation sites is 1. The molecule has 3 aromatic rings. The number of rotatable bonds is 5. The number of anilines is 2. The number of nitrogens with one attached hydrogen (secondary N) is 2. The Morgan fingerprint density at radius 3 is 2.37 bits per heavy atom. The van der Waals surface area contributed by atoms with Crippen LogP contribution in [0.25, 0.3) is 0 Å². The van der Waals surface area contributed by atoms with Gasteiger partial charge in [-0.25, -0.2) is 8.42 Å². The van der Waals surface area contributed by atoms with Crippen LogP contribution in [0.5, 0.6) is 11.5 Å². The molecule has 30 heavy (non-hydrogen) atoms. The Bertz CT molecular complexity index is 1200. The Morgan fingerprint density at radius 1 is 0.867 bits per heavy atom. The molecule has 154 valence electrons. The summed E-state index contributed by atoms with van der Waals surface area (Å²) in [5.74, 6) is 0.649. The van der Waals surface area contributed by atoms with Crippen LogP contribution < -0.4 is 19.5 Å². The first-order chi connectivity index (χ1) is 14.4. The molecule has 1 aliphatic rings. The molecule has 0 atom stereocenters. The zero-order valence-electron chi connectivity index (χ0n) is 15.6. The average molecular weight is 445 g/mol. The topological polar surface area (TPSA) is 93.7 Å². The van der Waals surface area contributed by atoms with Gasteiger partial charge in [-0.15, -0.1) is 0 Å². The molecule has 1 heterocycles. The van der Waals surface area contributed by atoms with Gasteiger partial charge in [-0.2, -0.15) is 0 Å². The van der Waals surface area contributed by atoms with E-state index in [-0.39, 0.29) is 15.5 Å². The van der Waals surface area contributed by atoms with Crippen LogP contribution in [0, 0.1) is 0 Å². The lowest BCUT2D eigenvalue weighted by molar-refractivity contribution is 0.102. The highest BCUT2D eigenvalue weighted by atomic mass is 35.5. The predicted octanol–water partition coefficient (Wildman–Crippen LogP) is 4.16. The van der Waals surface area contributed by atoms with Crippen LogP contribution in [0.3, 0.4) is 0 Å². The van der Waals surface area contributed by atoms with Gasteiger partial charge >= 0.3 is 0 Å². The van der Waals surface area contributed by atoms with Crippen molar-refractivity contribution in [2.45, 2.75) is 4.90 Å². The first kappa shape index (κ1) is 20.1. The smallest absolute Gasteiger partial charge is 0.263 e. The van der Waals surface area contributed by atoms with Crippen LogP contribution in [-0.2, 0) is 10.0 Å². The van der Waals surface area contributed by atoms with Crippen molar-refractivity contribution in [3.05, 3.63) is 77.3 Å². The standard InChI is InChI=1S/C21H17ClN2O5S/c22-17-8-6-14(12-20(17)30(26,27)24-15-4-2-1-3-5-15)21(25)23-16-7-9-18-19(13-16)29-11-10-28-18/h1-9,12-13,24H,10-11H2,(H,23,25). The first-order valence-corrected chi connectivity index (χ1v) is 10.9. The maximum atomic E-state index is 12.8. The molecule has 0 spiro atoms. The molecule has 9 heteroatoms. The molecular weight excluding hydrogens is 428 g/mol. The second kappa shape index (κ2) is 8.25. The minimum absolute atomic E-state index is 0.00862. The molecule has 0 bridgehead atoms. The molecule has 0 aromatic heterocycles. The molecule has 0 aliphatic carbocycles. The number of amides is 1. The summed E-state index contributed by atoms with van der Waals surface area (Å²) >= 11 is 6.11. The van der Waals surface area contributed by atoms with Crippen LogP contribution in [0.2, 0.25) is 5.02 Å². The summed E-state index contributed by atoms with van der Waals surface area (Å²) in [6.07, 6.45) is 0. The van der Waals surface area contributed by atoms with Gasteiger partial charge in [0.15, 0.2) is 11.5 Å². The Hall–Kier alpha value is -3.23. The summed E-state index contributed by atoms with van der Waals surface area (Å²) < 4.78 is 38.9. The van der Waals surface area contributed by atoms with Gasteiger partial charge in [0.25, 0.3) is 15.9 Å². The molecule has 7 nitrogen and oxygen atoms in total. The monoisotopic (exact) mass is 444 g/mol. The van der Waals surface area contributed by atoms with Gasteiger partial charge in [-0.05, 0) is 42.5 Å². The lowest BCUT2D eigenvalue weighted by Crippen LogP contribution is -2.17. The Labute approximate surface area is 178 Å². The average Bonchev–Trinajstić information content (AvgIpc) is 2.74. The number of fused-ring (bicyclic) bond motifs is 1. The van der Waals surface area contributed by atoms with Crippen LogP contribution >= 0.6 is 11.6 Å². The lowest BCUT2D eigenvalue weighted by atomic mass is 10.2. The normalized spacial score (nSPS) is 12.8. The Balaban J connectivity index is 1.57. The van der Waals surface area contributed by atoms with E-state index in [0.29, 0.717) is 36.1 Å². The molecule has 2 N–H and O–H groups in total. The van der Waals surface area contributed by atoms with Gasteiger partial charge in [0, 0.05) is 23.0 Å². The highest BCUT2D eigenvalue weighted by Gasteiger charge is 2.21. The van der Waals surface area contributed by atoms with Crippen molar-refractivity contribution in [3.63, 3.8) is 0 Å². The molecule has 4 rings (SSSR count). The van der Waals surface area contributed by atoms with E-state index in [1.165, 1.54) is 18.2 Å². The molecule has 0 unspecified atom stereocenters. The van der Waals surface area contributed by atoms with E-state index in [0.717, 1.165) is 0 Å². The van der Waals surface area contributed by atoms with Crippen LogP contribution in [0.4, 0.5) is 11.4 Å². The summed E-state index contributed by atoms with van der Waals surface area (Å²) in [6, 6.07) is 17.5. The highest BCUT2D eigenvalue weighted by Crippen LogP contribution is 2.33. The lowest BCUT2D eigenvalue weighted by Gasteiger charge is -2.19. The van der Waals surface area contributed by atoms with Crippen LogP contribution in [-0.4, -0.2) is 27.5 Å². The third-order valence-corrected chi connectivity index (χ3v) is 6.17. The van der Waals surface area contributed by atoms with Crippen molar-refractivity contribution in [1.29, 1.82) is 0 Å². The number of hydrogen-bond acceptors (Lipinski definition) is 5. The zero-order valence-corrected chi connectivity index (χ0v) is 17.2. The van der Waals surface area contributed by atoms with Crippen LogP contribution in [0.1, 0.15) is 10.4 Å². The molecule has 0 fully saturated rings. The van der Waals surface area contributed by atoms with Gasteiger partial charge in [-0.1, -0.05) is 29.8 Å². The number of benzene rings is 3. The molecule has 0 radical (unpaired) electrons. The van der Waals surface area contributed by atoms with E-state index in [9.17, 15) is 13.2 Å². The second-order valence-electron chi connectivity index (χ2n) is 6.43. The fourth-order valence-corrected chi connectivity index (χ4v) is 4.48. The van der Waals surface area contributed by atoms with Gasteiger partial charge in [0.2, 0.25) is 0 Å². The summed E-state index contributed by atoms with van der Waals surface area (Å²) in [4.78, 5) is 12.5. The molecule has 0 saturated heterocycles. The summed E-state index contributed by atoms with van der Waals surface area (Å²) in [5, 5.41) is 2.73. The van der Waals surface area contributed by atoms with Gasteiger partial charge < -0.3 is 14.8 Å². The third kappa shape index (κ3) is 4.34. The van der Waals surface area contributed by atoms with Crippen molar-refractivity contribution >= 4 is 38.9 Å². The van der Waals surface area contributed by atoms with E-state index < -0.39 is 15.9 Å². The highest BCUT2D eigenvalue weighted by molar-refractivity contribution is 7.92. The number of carbonyl (C=O) groups excluding carboxylic acids is 1. The predicted molar refractivity (Wildman–Crippen MR) is 114 cm³/mol.